The number of aliphatic hydroxyl groups excluding tert-OH is 2. The average Bonchev–Trinajstić information content (AvgIpc) is 3.41. The first kappa shape index (κ1) is 22.8. The van der Waals surface area contributed by atoms with Gasteiger partial charge in [-0.1, -0.05) is 0 Å². The molecule has 2 aliphatic rings. The first-order valence-electron chi connectivity index (χ1n) is 9.63. The number of ether oxygens (including phenoxy) is 3. The number of halogens is 1. The lowest BCUT2D eigenvalue weighted by Gasteiger charge is -2.16. The van der Waals surface area contributed by atoms with Crippen molar-refractivity contribution >= 4 is 36.0 Å². The molecule has 2 fully saturated rings. The van der Waals surface area contributed by atoms with Crippen molar-refractivity contribution in [1.29, 1.82) is 0 Å². The third-order valence-corrected chi connectivity index (χ3v) is 5.76. The summed E-state index contributed by atoms with van der Waals surface area (Å²) in [6.45, 7) is 0.930. The Morgan fingerprint density at radius 1 is 1.32 bits per heavy atom. The molecule has 13 nitrogen and oxygen atoms in total. The van der Waals surface area contributed by atoms with Crippen LogP contribution in [0, 0.1) is 0 Å². The Hall–Kier alpha value is -1.41. The molecule has 0 unspecified atom stereocenters. The number of anilines is 1. The molecular weight excluding hydrogens is 457 g/mol. The molecule has 15 heteroatoms. The van der Waals surface area contributed by atoms with Crippen LogP contribution in [0.5, 0.6) is 0 Å². The van der Waals surface area contributed by atoms with E-state index < -0.39 is 38.5 Å². The van der Waals surface area contributed by atoms with Crippen molar-refractivity contribution in [2.24, 2.45) is 0 Å². The van der Waals surface area contributed by atoms with Crippen molar-refractivity contribution < 1.29 is 38.8 Å². The lowest BCUT2D eigenvalue weighted by Crippen LogP contribution is -2.34. The molecule has 0 aliphatic carbocycles. The summed E-state index contributed by atoms with van der Waals surface area (Å²) in [5, 5.41) is 28.6. The molecule has 31 heavy (non-hydrogen) atoms. The van der Waals surface area contributed by atoms with Crippen LogP contribution in [0.15, 0.2) is 6.20 Å². The summed E-state index contributed by atoms with van der Waals surface area (Å²) in [4.78, 5) is 26.1. The van der Waals surface area contributed by atoms with Gasteiger partial charge in [-0.05, 0) is 24.4 Å². The Morgan fingerprint density at radius 2 is 2.13 bits per heavy atom. The predicted molar refractivity (Wildman–Crippen MR) is 107 cm³/mol. The zero-order chi connectivity index (χ0) is 22.2. The normalized spacial score (nSPS) is 29.1. The van der Waals surface area contributed by atoms with Gasteiger partial charge in [0.25, 0.3) is 0 Å². The molecule has 2 aromatic heterocycles. The molecule has 4 rings (SSSR count). The van der Waals surface area contributed by atoms with Gasteiger partial charge in [0.05, 0.1) is 24.3 Å². The molecule has 4 heterocycles. The number of hydrogen-bond donors (Lipinski definition) is 5. The highest BCUT2D eigenvalue weighted by molar-refractivity contribution is 7.51. The van der Waals surface area contributed by atoms with E-state index in [1.54, 1.807) is 0 Å². The van der Waals surface area contributed by atoms with E-state index in [1.807, 2.05) is 0 Å². The van der Waals surface area contributed by atoms with Crippen molar-refractivity contribution in [3.63, 3.8) is 0 Å². The fraction of sp³-hybridized carbons (Fsp3) is 0.688. The first-order valence-corrected chi connectivity index (χ1v) is 11.8. The predicted octanol–water partition coefficient (Wildman–Crippen LogP) is -0.158. The SMILES string of the molecule is O=P(O)(O)COC[C@H]1O[C@@H](n2ncc3c(NC[C@H]4CCCO4)nc(Cl)nc32)[C@H](O)[C@@H]1O. The van der Waals surface area contributed by atoms with Crippen LogP contribution < -0.4 is 5.32 Å². The summed E-state index contributed by atoms with van der Waals surface area (Å²) < 4.78 is 28.3. The van der Waals surface area contributed by atoms with Crippen molar-refractivity contribution in [1.82, 2.24) is 19.7 Å². The van der Waals surface area contributed by atoms with Gasteiger partial charge in [-0.3, -0.25) is 4.57 Å². The van der Waals surface area contributed by atoms with Gasteiger partial charge in [-0.15, -0.1) is 0 Å². The van der Waals surface area contributed by atoms with Crippen LogP contribution in [-0.4, -0.2) is 90.3 Å². The van der Waals surface area contributed by atoms with Crippen LogP contribution in [0.2, 0.25) is 5.28 Å². The van der Waals surface area contributed by atoms with Gasteiger partial charge in [0.15, 0.2) is 11.9 Å². The molecule has 0 amide bonds. The van der Waals surface area contributed by atoms with Crippen molar-refractivity contribution in [3.05, 3.63) is 11.5 Å². The van der Waals surface area contributed by atoms with Crippen LogP contribution in [0.1, 0.15) is 19.1 Å². The van der Waals surface area contributed by atoms with E-state index in [9.17, 15) is 14.8 Å². The van der Waals surface area contributed by atoms with E-state index in [4.69, 9.17) is 35.6 Å². The summed E-state index contributed by atoms with van der Waals surface area (Å²) >= 11 is 6.08. The minimum Gasteiger partial charge on any atom is -0.387 e. The summed E-state index contributed by atoms with van der Waals surface area (Å²) in [6, 6.07) is 0. The van der Waals surface area contributed by atoms with Crippen LogP contribution in [0.25, 0.3) is 11.0 Å². The van der Waals surface area contributed by atoms with E-state index in [0.717, 1.165) is 19.4 Å². The van der Waals surface area contributed by atoms with Crippen LogP contribution in [0.3, 0.4) is 0 Å². The van der Waals surface area contributed by atoms with E-state index in [1.165, 1.54) is 10.9 Å². The molecule has 0 aromatic carbocycles. The Morgan fingerprint density at radius 3 is 2.84 bits per heavy atom. The van der Waals surface area contributed by atoms with E-state index in [2.05, 4.69) is 20.4 Å². The molecule has 2 aliphatic heterocycles. The third kappa shape index (κ3) is 5.16. The molecule has 0 spiro atoms. The Bertz CT molecular complexity index is 967. The van der Waals surface area contributed by atoms with Gasteiger partial charge < -0.3 is 39.5 Å². The second-order valence-electron chi connectivity index (χ2n) is 7.39. The van der Waals surface area contributed by atoms with Gasteiger partial charge in [0, 0.05) is 13.2 Å². The highest BCUT2D eigenvalue weighted by Crippen LogP contribution is 2.36. The Kier molecular flexibility index (Phi) is 6.77. The highest BCUT2D eigenvalue weighted by atomic mass is 35.5. The maximum atomic E-state index is 10.9. The van der Waals surface area contributed by atoms with Gasteiger partial charge >= 0.3 is 7.60 Å². The lowest BCUT2D eigenvalue weighted by atomic mass is 10.1. The topological polar surface area (TPSA) is 181 Å². The summed E-state index contributed by atoms with van der Waals surface area (Å²) in [6.07, 6.45) is -2.21. The highest BCUT2D eigenvalue weighted by Gasteiger charge is 2.45. The summed E-state index contributed by atoms with van der Waals surface area (Å²) in [5.74, 6) is 0.450. The maximum Gasteiger partial charge on any atom is 0.350 e. The maximum absolute atomic E-state index is 10.9. The number of rotatable bonds is 8. The molecule has 0 radical (unpaired) electrons. The van der Waals surface area contributed by atoms with E-state index in [0.29, 0.717) is 17.7 Å². The number of aromatic nitrogens is 4. The van der Waals surface area contributed by atoms with Gasteiger partial charge in [-0.25, -0.2) is 4.68 Å². The molecular formula is C16H23ClN5O8P. The quantitative estimate of drug-likeness (QED) is 0.249. The number of nitrogens with zero attached hydrogens (tertiary/aromatic N) is 4. The second kappa shape index (κ2) is 9.22. The summed E-state index contributed by atoms with van der Waals surface area (Å²) in [7, 11) is -4.37. The van der Waals surface area contributed by atoms with Gasteiger partial charge in [0.1, 0.15) is 30.5 Å². The minimum atomic E-state index is -4.37. The van der Waals surface area contributed by atoms with Crippen LogP contribution >= 0.6 is 19.2 Å². The number of aliphatic hydroxyl groups is 2. The largest absolute Gasteiger partial charge is 0.387 e. The third-order valence-electron chi connectivity index (χ3n) is 5.07. The second-order valence-corrected chi connectivity index (χ2v) is 9.32. The van der Waals surface area contributed by atoms with Crippen LogP contribution in [-0.2, 0) is 18.8 Å². The van der Waals surface area contributed by atoms with Crippen LogP contribution in [0.4, 0.5) is 5.82 Å². The van der Waals surface area contributed by atoms with Gasteiger partial charge in [0.2, 0.25) is 5.28 Å². The van der Waals surface area contributed by atoms with E-state index in [-0.39, 0.29) is 23.6 Å². The Labute approximate surface area is 181 Å². The lowest BCUT2D eigenvalue weighted by molar-refractivity contribution is -0.0658. The molecule has 0 bridgehead atoms. The molecule has 5 atom stereocenters. The molecule has 5 N–H and O–H groups in total. The number of nitrogens with one attached hydrogen (secondary N) is 1. The zero-order valence-electron chi connectivity index (χ0n) is 16.2. The zero-order valence-corrected chi connectivity index (χ0v) is 17.9. The molecule has 2 aromatic rings. The molecule has 172 valence electrons. The summed E-state index contributed by atoms with van der Waals surface area (Å²) in [5.41, 5.74) is 0.280. The minimum absolute atomic E-state index is 0.0429. The molecule has 2 saturated heterocycles. The Balaban J connectivity index is 1.51. The van der Waals surface area contributed by atoms with Crippen molar-refractivity contribution in [3.8, 4) is 0 Å². The van der Waals surface area contributed by atoms with Crippen molar-refractivity contribution in [2.45, 2.75) is 43.5 Å². The number of hydrogen-bond acceptors (Lipinski definition) is 10. The fourth-order valence-corrected chi connectivity index (χ4v) is 4.10. The van der Waals surface area contributed by atoms with Gasteiger partial charge in [-0.2, -0.15) is 15.1 Å². The average molecular weight is 480 g/mol. The standard InChI is InChI=1S/C16H23ClN5O8P/c17-16-20-13(18-4-8-2-1-3-29-8)9-5-19-22(14(9)21-16)15-12(24)11(23)10(30-15)6-28-7-31(25,26)27/h5,8,10-12,15,23-24H,1-4,6-7H2,(H,18,20,21)(H2,25,26,27)/t8-,10-,11-,12-,15-/m1/s1. The smallest absolute Gasteiger partial charge is 0.350 e. The van der Waals surface area contributed by atoms with Crippen molar-refractivity contribution in [2.75, 3.05) is 31.4 Å². The van der Waals surface area contributed by atoms with E-state index >= 15 is 0 Å². The number of fused-ring (bicyclic) bond motifs is 1. The first-order chi connectivity index (χ1) is 14.7. The fourth-order valence-electron chi connectivity index (χ4n) is 3.59. The molecule has 0 saturated carbocycles. The monoisotopic (exact) mass is 479 g/mol.